The average Bonchev–Trinajstić information content (AvgIpc) is 3.23. The number of primary amides is 1. The Morgan fingerprint density at radius 2 is 2.28 bits per heavy atom. The Morgan fingerprint density at radius 3 is 2.88 bits per heavy atom. The molecule has 0 spiro atoms. The molecule has 1 aliphatic heterocycles. The molecule has 1 fully saturated rings. The van der Waals surface area contributed by atoms with E-state index in [2.05, 4.69) is 35.0 Å². The molecule has 2 N–H and O–H groups in total. The van der Waals surface area contributed by atoms with Crippen LogP contribution in [0.25, 0.3) is 0 Å². The quantitative estimate of drug-likeness (QED) is 0.799. The summed E-state index contributed by atoms with van der Waals surface area (Å²) in [7, 11) is 0. The van der Waals surface area contributed by atoms with Crippen molar-refractivity contribution in [2.24, 2.45) is 11.7 Å². The minimum absolute atomic E-state index is 0.0425. The molecule has 0 bridgehead atoms. The molecule has 2 atom stereocenters. The van der Waals surface area contributed by atoms with Gasteiger partial charge in [-0.25, -0.2) is 14.3 Å². The van der Waals surface area contributed by atoms with Crippen LogP contribution in [0.3, 0.4) is 0 Å². The van der Waals surface area contributed by atoms with Gasteiger partial charge in [0.05, 0.1) is 18.0 Å². The lowest BCUT2D eigenvalue weighted by atomic mass is 9.92. The van der Waals surface area contributed by atoms with Gasteiger partial charge in [-0.15, -0.1) is 11.3 Å². The van der Waals surface area contributed by atoms with Crippen molar-refractivity contribution in [3.63, 3.8) is 0 Å². The topological polar surface area (TPSA) is 85.3 Å². The van der Waals surface area contributed by atoms with Gasteiger partial charge in [-0.05, 0) is 12.8 Å². The molecule has 8 heteroatoms. The molecular weight excluding hydrogens is 356 g/mol. The molecule has 0 radical (unpaired) electrons. The first-order valence-electron chi connectivity index (χ1n) is 8.38. The van der Waals surface area contributed by atoms with E-state index in [9.17, 15) is 4.79 Å². The van der Waals surface area contributed by atoms with E-state index in [0.717, 1.165) is 29.6 Å². The normalized spacial score (nSPS) is 22.2. The van der Waals surface area contributed by atoms with Crippen LogP contribution in [0.4, 0.5) is 0 Å². The summed E-state index contributed by atoms with van der Waals surface area (Å²) in [6.07, 6.45) is 5.12. The van der Waals surface area contributed by atoms with E-state index in [4.69, 9.17) is 10.2 Å². The molecule has 1 aliphatic rings. The van der Waals surface area contributed by atoms with Crippen LogP contribution in [0.15, 0.2) is 22.2 Å². The molecule has 2 aromatic heterocycles. The third-order valence-corrected chi connectivity index (χ3v) is 6.36. The van der Waals surface area contributed by atoms with Crippen molar-refractivity contribution in [2.75, 3.05) is 6.54 Å². The average molecular weight is 381 g/mol. The van der Waals surface area contributed by atoms with Gasteiger partial charge in [-0.2, -0.15) is 0 Å². The Labute approximate surface area is 156 Å². The second-order valence-electron chi connectivity index (χ2n) is 7.29. The summed E-state index contributed by atoms with van der Waals surface area (Å²) in [6.45, 7) is 7.13. The molecule has 6 nitrogen and oxygen atoms in total. The zero-order valence-corrected chi connectivity index (χ0v) is 16.4. The second kappa shape index (κ2) is 7.47. The van der Waals surface area contributed by atoms with Gasteiger partial charge in [0.15, 0.2) is 0 Å². The minimum atomic E-state index is -0.214. The number of hydrogen-bond acceptors (Lipinski definition) is 7. The van der Waals surface area contributed by atoms with E-state index in [0.29, 0.717) is 12.2 Å². The third-order valence-electron chi connectivity index (χ3n) is 4.34. The first kappa shape index (κ1) is 18.4. The van der Waals surface area contributed by atoms with Gasteiger partial charge < -0.3 is 10.2 Å². The molecule has 0 saturated carbocycles. The van der Waals surface area contributed by atoms with Gasteiger partial charge in [0.25, 0.3) is 0 Å². The number of aromatic nitrogens is 2. The van der Waals surface area contributed by atoms with Crippen LogP contribution in [0, 0.1) is 5.92 Å². The van der Waals surface area contributed by atoms with E-state index >= 15 is 0 Å². The minimum Gasteiger partial charge on any atom is -0.444 e. The number of thiazole rings is 1. The number of amides is 1. The first-order chi connectivity index (χ1) is 11.8. The van der Waals surface area contributed by atoms with Crippen molar-refractivity contribution in [1.29, 1.82) is 0 Å². The standard InChI is InChI=1S/C17H24N4O2S2/c1-17(2,3)13-9-20-14(23-13)10-25-21-6-4-11(15(18)22)8-12(21)16-19-5-7-24-16/h5,7,9,11-12H,4,6,8,10H2,1-3H3,(H2,18,22). The molecule has 0 aliphatic carbocycles. The Bertz CT molecular complexity index is 709. The summed E-state index contributed by atoms with van der Waals surface area (Å²) in [6, 6.07) is 0.105. The van der Waals surface area contributed by atoms with E-state index < -0.39 is 0 Å². The van der Waals surface area contributed by atoms with E-state index in [1.54, 1.807) is 29.5 Å². The van der Waals surface area contributed by atoms with E-state index in [1.165, 1.54) is 0 Å². The number of piperidine rings is 1. The third kappa shape index (κ3) is 4.43. The highest BCUT2D eigenvalue weighted by atomic mass is 32.2. The molecule has 3 rings (SSSR count). The lowest BCUT2D eigenvalue weighted by molar-refractivity contribution is -0.123. The van der Waals surface area contributed by atoms with Crippen LogP contribution < -0.4 is 5.73 Å². The summed E-state index contributed by atoms with van der Waals surface area (Å²) >= 11 is 3.30. The largest absolute Gasteiger partial charge is 0.444 e. The maximum Gasteiger partial charge on any atom is 0.220 e. The fourth-order valence-electron chi connectivity index (χ4n) is 2.84. The Hall–Kier alpha value is -1.38. The number of rotatable bonds is 5. The number of carbonyl (C=O) groups excluding carboxylic acids is 1. The monoisotopic (exact) mass is 380 g/mol. The van der Waals surface area contributed by atoms with Crippen molar-refractivity contribution >= 4 is 29.2 Å². The SMILES string of the molecule is CC(C)(C)c1cnc(CSN2CCC(C(N)=O)CC2c2nccs2)o1. The second-order valence-corrected chi connectivity index (χ2v) is 9.23. The molecule has 136 valence electrons. The zero-order chi connectivity index (χ0) is 18.0. The fraction of sp³-hybridized carbons (Fsp3) is 0.588. The Morgan fingerprint density at radius 1 is 1.48 bits per heavy atom. The highest BCUT2D eigenvalue weighted by molar-refractivity contribution is 7.96. The molecule has 2 aromatic rings. The van der Waals surface area contributed by atoms with E-state index in [-0.39, 0.29) is 23.3 Å². The molecule has 2 unspecified atom stereocenters. The summed E-state index contributed by atoms with van der Waals surface area (Å²) < 4.78 is 8.17. The molecule has 3 heterocycles. The van der Waals surface area contributed by atoms with Crippen molar-refractivity contribution in [1.82, 2.24) is 14.3 Å². The van der Waals surface area contributed by atoms with Crippen molar-refractivity contribution in [3.8, 4) is 0 Å². The van der Waals surface area contributed by atoms with Crippen LogP contribution in [0.2, 0.25) is 0 Å². The summed E-state index contributed by atoms with van der Waals surface area (Å²) in [5.74, 6) is 1.99. The highest BCUT2D eigenvalue weighted by Crippen LogP contribution is 2.40. The van der Waals surface area contributed by atoms with Crippen molar-refractivity contribution in [3.05, 3.63) is 34.4 Å². The molecule has 1 amide bonds. The van der Waals surface area contributed by atoms with Gasteiger partial charge in [0.1, 0.15) is 10.8 Å². The molecule has 1 saturated heterocycles. The number of oxazole rings is 1. The lowest BCUT2D eigenvalue weighted by Crippen LogP contribution is -2.37. The zero-order valence-electron chi connectivity index (χ0n) is 14.8. The highest BCUT2D eigenvalue weighted by Gasteiger charge is 2.34. The number of nitrogens with two attached hydrogens (primary N) is 1. The molecule has 0 aromatic carbocycles. The molecular formula is C17H24N4O2S2. The van der Waals surface area contributed by atoms with Crippen molar-refractivity contribution in [2.45, 2.75) is 50.8 Å². The number of nitrogens with zero attached hydrogens (tertiary/aromatic N) is 3. The van der Waals surface area contributed by atoms with Gasteiger partial charge in [-0.1, -0.05) is 32.7 Å². The summed E-state index contributed by atoms with van der Waals surface area (Å²) in [5.41, 5.74) is 5.49. The smallest absolute Gasteiger partial charge is 0.220 e. The van der Waals surface area contributed by atoms with Crippen molar-refractivity contribution < 1.29 is 9.21 Å². The fourth-order valence-corrected chi connectivity index (χ4v) is 4.68. The maximum absolute atomic E-state index is 11.6. The summed E-state index contributed by atoms with van der Waals surface area (Å²) in [5, 5.41) is 3.00. The first-order valence-corrected chi connectivity index (χ1v) is 10.2. The Balaban J connectivity index is 1.67. The van der Waals surface area contributed by atoms with Crippen LogP contribution in [-0.4, -0.2) is 26.7 Å². The maximum atomic E-state index is 11.6. The predicted octanol–water partition coefficient (Wildman–Crippen LogP) is 3.52. The lowest BCUT2D eigenvalue weighted by Gasteiger charge is -2.36. The van der Waals surface area contributed by atoms with Crippen LogP contribution in [0.1, 0.15) is 56.3 Å². The predicted molar refractivity (Wildman–Crippen MR) is 100.0 cm³/mol. The van der Waals surface area contributed by atoms with E-state index in [1.807, 2.05) is 11.6 Å². The Kier molecular flexibility index (Phi) is 5.50. The number of carbonyl (C=O) groups is 1. The van der Waals surface area contributed by atoms with Crippen LogP contribution >= 0.6 is 23.3 Å². The van der Waals surface area contributed by atoms with Crippen LogP contribution in [0.5, 0.6) is 0 Å². The summed E-state index contributed by atoms with van der Waals surface area (Å²) in [4.78, 5) is 20.5. The number of hydrogen-bond donors (Lipinski definition) is 1. The van der Waals surface area contributed by atoms with Gasteiger partial charge >= 0.3 is 0 Å². The van der Waals surface area contributed by atoms with Gasteiger partial charge in [0, 0.05) is 29.5 Å². The van der Waals surface area contributed by atoms with Crippen LogP contribution in [-0.2, 0) is 16.0 Å². The molecule has 25 heavy (non-hydrogen) atoms. The van der Waals surface area contributed by atoms with Gasteiger partial charge in [-0.3, -0.25) is 4.79 Å². The van der Waals surface area contributed by atoms with Gasteiger partial charge in [0.2, 0.25) is 11.8 Å².